The first-order valence-electron chi connectivity index (χ1n) is 8.84. The summed E-state index contributed by atoms with van der Waals surface area (Å²) in [5, 5.41) is 3.15. The van der Waals surface area contributed by atoms with Gasteiger partial charge in [0.05, 0.1) is 0 Å². The summed E-state index contributed by atoms with van der Waals surface area (Å²) in [6.45, 7) is 6.64. The molecule has 0 aliphatic carbocycles. The van der Waals surface area contributed by atoms with Crippen molar-refractivity contribution in [2.45, 2.75) is 44.9 Å². The lowest BCUT2D eigenvalue weighted by Gasteiger charge is -2.38. The van der Waals surface area contributed by atoms with E-state index < -0.39 is 0 Å². The maximum atomic E-state index is 12.2. The van der Waals surface area contributed by atoms with Crippen molar-refractivity contribution in [3.63, 3.8) is 0 Å². The molecule has 24 heavy (non-hydrogen) atoms. The summed E-state index contributed by atoms with van der Waals surface area (Å²) in [7, 11) is 0. The summed E-state index contributed by atoms with van der Waals surface area (Å²) in [6.07, 6.45) is 3.31. The third-order valence-electron chi connectivity index (χ3n) is 5.01. The smallest absolute Gasteiger partial charge is 0.231 e. The molecule has 0 bridgehead atoms. The van der Waals surface area contributed by atoms with Crippen molar-refractivity contribution in [3.05, 3.63) is 23.8 Å². The average molecular weight is 333 g/mol. The highest BCUT2D eigenvalue weighted by molar-refractivity contribution is 5.76. The summed E-state index contributed by atoms with van der Waals surface area (Å²) in [5.41, 5.74) is 1.10. The molecule has 132 valence electrons. The van der Waals surface area contributed by atoms with E-state index in [1.54, 1.807) is 0 Å². The molecule has 1 saturated heterocycles. The Morgan fingerprint density at radius 3 is 2.71 bits per heavy atom. The quantitative estimate of drug-likeness (QED) is 0.869. The fourth-order valence-electron chi connectivity index (χ4n) is 3.33. The van der Waals surface area contributed by atoms with Gasteiger partial charge in [0.2, 0.25) is 12.7 Å². The minimum atomic E-state index is -0.0906. The molecular weight excluding hydrogens is 306 g/mol. The van der Waals surface area contributed by atoms with Gasteiger partial charge in [0.15, 0.2) is 11.5 Å². The Hall–Kier alpha value is -1.75. The molecule has 0 aromatic heterocycles. The second kappa shape index (κ2) is 7.43. The van der Waals surface area contributed by atoms with Crippen molar-refractivity contribution in [1.82, 2.24) is 5.32 Å². The highest BCUT2D eigenvalue weighted by atomic mass is 16.7. The van der Waals surface area contributed by atoms with Gasteiger partial charge in [-0.2, -0.15) is 0 Å². The molecule has 1 N–H and O–H groups in total. The lowest BCUT2D eigenvalue weighted by Crippen LogP contribution is -2.44. The Morgan fingerprint density at radius 1 is 1.21 bits per heavy atom. The van der Waals surface area contributed by atoms with E-state index in [2.05, 4.69) is 31.3 Å². The molecule has 0 unspecified atom stereocenters. The van der Waals surface area contributed by atoms with Gasteiger partial charge in [0, 0.05) is 31.6 Å². The number of rotatable bonds is 6. The number of ether oxygens (including phenoxy) is 3. The van der Waals surface area contributed by atoms with Crippen LogP contribution in [0.25, 0.3) is 0 Å². The molecule has 2 aliphatic heterocycles. The number of nitrogens with one attached hydrogen (secondary N) is 1. The number of amides is 1. The Kier molecular flexibility index (Phi) is 5.29. The minimum Gasteiger partial charge on any atom is -0.454 e. The second-order valence-corrected chi connectivity index (χ2v) is 7.17. The third-order valence-corrected chi connectivity index (χ3v) is 5.01. The number of carbonyl (C=O) groups is 1. The molecule has 1 aromatic rings. The Labute approximate surface area is 143 Å². The van der Waals surface area contributed by atoms with Crippen LogP contribution in [0.1, 0.15) is 45.1 Å². The molecule has 5 heteroatoms. The zero-order valence-corrected chi connectivity index (χ0v) is 14.6. The van der Waals surface area contributed by atoms with Gasteiger partial charge in [-0.25, -0.2) is 0 Å². The molecule has 5 nitrogen and oxygen atoms in total. The lowest BCUT2D eigenvalue weighted by atomic mass is 9.74. The van der Waals surface area contributed by atoms with Crippen LogP contribution in [-0.2, 0) is 14.9 Å². The first-order chi connectivity index (χ1) is 11.6. The average Bonchev–Trinajstić information content (AvgIpc) is 3.06. The summed E-state index contributed by atoms with van der Waals surface area (Å²) >= 11 is 0. The Bertz CT molecular complexity index is 579. The molecule has 1 amide bonds. The van der Waals surface area contributed by atoms with Gasteiger partial charge in [-0.3, -0.25) is 4.79 Å². The summed E-state index contributed by atoms with van der Waals surface area (Å²) in [6, 6.07) is 6.13. The standard InChI is InChI=1S/C19H27NO4/c1-14(2)3-6-18(21)20-12-19(7-9-22-10-8-19)15-4-5-16-17(11-15)24-13-23-16/h4-5,11,14H,3,6-10,12-13H2,1-2H3,(H,20,21). The molecule has 1 aromatic carbocycles. The maximum absolute atomic E-state index is 12.2. The van der Waals surface area contributed by atoms with Crippen LogP contribution in [0.15, 0.2) is 18.2 Å². The van der Waals surface area contributed by atoms with Crippen molar-refractivity contribution in [2.24, 2.45) is 5.92 Å². The molecule has 0 atom stereocenters. The van der Waals surface area contributed by atoms with E-state index in [4.69, 9.17) is 14.2 Å². The van der Waals surface area contributed by atoms with Crippen LogP contribution in [0, 0.1) is 5.92 Å². The van der Waals surface area contributed by atoms with E-state index in [9.17, 15) is 4.79 Å². The van der Waals surface area contributed by atoms with Crippen LogP contribution in [0.5, 0.6) is 11.5 Å². The van der Waals surface area contributed by atoms with Crippen molar-refractivity contribution in [3.8, 4) is 11.5 Å². The highest BCUT2D eigenvalue weighted by Crippen LogP contribution is 2.40. The normalized spacial score (nSPS) is 18.6. The van der Waals surface area contributed by atoms with Crippen LogP contribution in [0.2, 0.25) is 0 Å². The minimum absolute atomic E-state index is 0.0906. The molecular formula is C19H27NO4. The summed E-state index contributed by atoms with van der Waals surface area (Å²) in [5.74, 6) is 2.27. The molecule has 0 saturated carbocycles. The van der Waals surface area contributed by atoms with Gasteiger partial charge in [0.1, 0.15) is 0 Å². The number of benzene rings is 1. The summed E-state index contributed by atoms with van der Waals surface area (Å²) in [4.78, 5) is 12.2. The fraction of sp³-hybridized carbons (Fsp3) is 0.632. The molecule has 1 fully saturated rings. The number of fused-ring (bicyclic) bond motifs is 1. The van der Waals surface area contributed by atoms with Gasteiger partial charge >= 0.3 is 0 Å². The van der Waals surface area contributed by atoms with E-state index in [0.717, 1.165) is 44.0 Å². The third kappa shape index (κ3) is 3.83. The van der Waals surface area contributed by atoms with Crippen LogP contribution in [0.4, 0.5) is 0 Å². The van der Waals surface area contributed by atoms with Gasteiger partial charge < -0.3 is 19.5 Å². The number of carbonyl (C=O) groups excluding carboxylic acids is 1. The maximum Gasteiger partial charge on any atom is 0.231 e. The molecule has 0 spiro atoms. The van der Waals surface area contributed by atoms with Gasteiger partial charge in [-0.05, 0) is 42.9 Å². The van der Waals surface area contributed by atoms with Crippen molar-refractivity contribution >= 4 is 5.91 Å². The Balaban J connectivity index is 1.72. The predicted molar refractivity (Wildman–Crippen MR) is 91.4 cm³/mol. The Morgan fingerprint density at radius 2 is 1.96 bits per heavy atom. The topological polar surface area (TPSA) is 56.8 Å². The van der Waals surface area contributed by atoms with Crippen molar-refractivity contribution in [2.75, 3.05) is 26.6 Å². The second-order valence-electron chi connectivity index (χ2n) is 7.17. The van der Waals surface area contributed by atoms with Crippen LogP contribution in [0.3, 0.4) is 0 Å². The lowest BCUT2D eigenvalue weighted by molar-refractivity contribution is -0.121. The highest BCUT2D eigenvalue weighted by Gasteiger charge is 2.36. The zero-order valence-electron chi connectivity index (χ0n) is 14.6. The predicted octanol–water partition coefficient (Wildman–Crippen LogP) is 3.02. The molecule has 3 rings (SSSR count). The monoisotopic (exact) mass is 333 g/mol. The molecule has 2 aliphatic rings. The number of hydrogen-bond donors (Lipinski definition) is 1. The van der Waals surface area contributed by atoms with E-state index in [-0.39, 0.29) is 18.1 Å². The molecule has 2 heterocycles. The van der Waals surface area contributed by atoms with Gasteiger partial charge in [-0.1, -0.05) is 19.9 Å². The van der Waals surface area contributed by atoms with Crippen LogP contribution < -0.4 is 14.8 Å². The van der Waals surface area contributed by atoms with Crippen molar-refractivity contribution in [1.29, 1.82) is 0 Å². The first kappa shape index (κ1) is 17.1. The van der Waals surface area contributed by atoms with Crippen molar-refractivity contribution < 1.29 is 19.0 Å². The van der Waals surface area contributed by atoms with Crippen LogP contribution in [-0.4, -0.2) is 32.5 Å². The SMILES string of the molecule is CC(C)CCC(=O)NCC1(c2ccc3c(c2)OCO3)CCOCC1. The van der Waals surface area contributed by atoms with Gasteiger partial charge in [-0.15, -0.1) is 0 Å². The van der Waals surface area contributed by atoms with E-state index >= 15 is 0 Å². The largest absolute Gasteiger partial charge is 0.454 e. The summed E-state index contributed by atoms with van der Waals surface area (Å²) < 4.78 is 16.5. The van der Waals surface area contributed by atoms with E-state index in [1.165, 1.54) is 5.56 Å². The fourth-order valence-corrected chi connectivity index (χ4v) is 3.33. The first-order valence-corrected chi connectivity index (χ1v) is 8.84. The van der Waals surface area contributed by atoms with E-state index in [0.29, 0.717) is 18.9 Å². The molecule has 0 radical (unpaired) electrons. The zero-order chi connectivity index (χ0) is 17.0. The van der Waals surface area contributed by atoms with Crippen LogP contribution >= 0.6 is 0 Å². The van der Waals surface area contributed by atoms with E-state index in [1.807, 2.05) is 6.07 Å². The number of hydrogen-bond acceptors (Lipinski definition) is 4. The van der Waals surface area contributed by atoms with Gasteiger partial charge in [0.25, 0.3) is 0 Å².